The van der Waals surface area contributed by atoms with Crippen molar-refractivity contribution in [3.8, 4) is 0 Å². The Bertz CT molecular complexity index is 380. The molecule has 1 N–H and O–H groups in total. The summed E-state index contributed by atoms with van der Waals surface area (Å²) in [5.74, 6) is 0.635. The summed E-state index contributed by atoms with van der Waals surface area (Å²) in [5.41, 5.74) is 1.37. The lowest BCUT2D eigenvalue weighted by Crippen LogP contribution is -2.34. The van der Waals surface area contributed by atoms with Crippen LogP contribution < -0.4 is 5.32 Å². The number of rotatable bonds is 2. The van der Waals surface area contributed by atoms with Gasteiger partial charge in [0.25, 0.3) is 0 Å². The van der Waals surface area contributed by atoms with Crippen molar-refractivity contribution in [2.24, 2.45) is 5.92 Å². The fraction of sp³-hybridized carbons (Fsp3) is 0.538. The molecule has 1 aliphatic rings. The fourth-order valence-corrected chi connectivity index (χ4v) is 3.67. The summed E-state index contributed by atoms with van der Waals surface area (Å²) in [4.78, 5) is 1.38. The monoisotopic (exact) mass is 255 g/mol. The van der Waals surface area contributed by atoms with Gasteiger partial charge in [0.1, 0.15) is 0 Å². The highest BCUT2D eigenvalue weighted by atomic mass is 35.5. The van der Waals surface area contributed by atoms with Crippen molar-refractivity contribution in [2.75, 3.05) is 6.54 Å². The summed E-state index contributed by atoms with van der Waals surface area (Å²) in [6.45, 7) is 7.77. The third-order valence-corrected chi connectivity index (χ3v) is 4.97. The fourth-order valence-electron chi connectivity index (χ4n) is 2.25. The molecule has 2 rings (SSSR count). The second-order valence-corrected chi connectivity index (χ2v) is 6.26. The van der Waals surface area contributed by atoms with Crippen LogP contribution in [0, 0.1) is 5.92 Å². The molecule has 0 bridgehead atoms. The van der Waals surface area contributed by atoms with Gasteiger partial charge in [-0.1, -0.05) is 32.4 Å². The van der Waals surface area contributed by atoms with E-state index >= 15 is 0 Å². The summed E-state index contributed by atoms with van der Waals surface area (Å²) in [5, 5.41) is 5.06. The van der Waals surface area contributed by atoms with Crippen molar-refractivity contribution in [1.82, 2.24) is 5.32 Å². The zero-order chi connectivity index (χ0) is 11.7. The van der Waals surface area contributed by atoms with Gasteiger partial charge >= 0.3 is 0 Å². The molecule has 0 spiro atoms. The topological polar surface area (TPSA) is 12.0 Å². The average Bonchev–Trinajstić information content (AvgIpc) is 2.26. The van der Waals surface area contributed by atoms with Gasteiger partial charge in [-0.2, -0.15) is 0 Å². The third kappa shape index (κ3) is 2.24. The molecule has 3 unspecified atom stereocenters. The van der Waals surface area contributed by atoms with Crippen molar-refractivity contribution < 1.29 is 0 Å². The molecule has 0 amide bonds. The maximum absolute atomic E-state index is 6.09. The van der Waals surface area contributed by atoms with E-state index in [0.717, 1.165) is 11.6 Å². The van der Waals surface area contributed by atoms with Crippen LogP contribution in [-0.2, 0) is 0 Å². The minimum Gasteiger partial charge on any atom is -0.310 e. The van der Waals surface area contributed by atoms with Gasteiger partial charge in [-0.3, -0.25) is 0 Å². The first kappa shape index (κ1) is 12.3. The van der Waals surface area contributed by atoms with E-state index < -0.39 is 0 Å². The predicted molar refractivity (Wildman–Crippen MR) is 72.4 cm³/mol. The quantitative estimate of drug-likeness (QED) is 0.853. The first-order chi connectivity index (χ1) is 7.63. The van der Waals surface area contributed by atoms with Crippen LogP contribution in [0.2, 0.25) is 5.02 Å². The Morgan fingerprint density at radius 3 is 2.81 bits per heavy atom. The summed E-state index contributed by atoms with van der Waals surface area (Å²) in [6, 6.07) is 6.68. The van der Waals surface area contributed by atoms with E-state index in [0.29, 0.717) is 17.2 Å². The Hall–Kier alpha value is -0.180. The number of nitrogens with one attached hydrogen (secondary N) is 1. The summed E-state index contributed by atoms with van der Waals surface area (Å²) < 4.78 is 0. The van der Waals surface area contributed by atoms with Crippen LogP contribution in [0.15, 0.2) is 23.1 Å². The number of hydrogen-bond acceptors (Lipinski definition) is 2. The molecule has 1 nitrogen and oxygen atoms in total. The van der Waals surface area contributed by atoms with E-state index in [4.69, 9.17) is 11.6 Å². The van der Waals surface area contributed by atoms with Crippen LogP contribution in [0.1, 0.15) is 32.4 Å². The van der Waals surface area contributed by atoms with Gasteiger partial charge in [-0.15, -0.1) is 11.8 Å². The normalized spacial score (nSPS) is 28.9. The van der Waals surface area contributed by atoms with Gasteiger partial charge in [0.15, 0.2) is 0 Å². The molecular weight excluding hydrogens is 238 g/mol. The summed E-state index contributed by atoms with van der Waals surface area (Å²) in [7, 11) is 0. The van der Waals surface area contributed by atoms with Gasteiger partial charge in [0.2, 0.25) is 0 Å². The Morgan fingerprint density at radius 2 is 2.12 bits per heavy atom. The molecule has 1 heterocycles. The van der Waals surface area contributed by atoms with Crippen LogP contribution in [0.5, 0.6) is 0 Å². The largest absolute Gasteiger partial charge is 0.310 e. The minimum atomic E-state index is 0.440. The summed E-state index contributed by atoms with van der Waals surface area (Å²) >= 11 is 8.05. The minimum absolute atomic E-state index is 0.440. The number of benzene rings is 1. The molecular formula is C13H18ClNS. The molecule has 0 saturated heterocycles. The van der Waals surface area contributed by atoms with Crippen LogP contribution >= 0.6 is 23.4 Å². The molecule has 0 aliphatic carbocycles. The molecule has 0 aromatic heterocycles. The molecule has 0 radical (unpaired) electrons. The standard InChI is InChI=1S/C13H18ClNS/c1-4-15-13-8(2)9(3)16-12-6-5-10(14)7-11(12)13/h5-9,13,15H,4H2,1-3H3. The Kier molecular flexibility index (Phi) is 3.83. The molecule has 3 atom stereocenters. The van der Waals surface area contributed by atoms with Crippen LogP contribution in [0.25, 0.3) is 0 Å². The van der Waals surface area contributed by atoms with E-state index in [2.05, 4.69) is 38.2 Å². The van der Waals surface area contributed by atoms with Crippen LogP contribution in [0.4, 0.5) is 0 Å². The van der Waals surface area contributed by atoms with E-state index in [1.165, 1.54) is 10.5 Å². The van der Waals surface area contributed by atoms with E-state index in [9.17, 15) is 0 Å². The highest BCUT2D eigenvalue weighted by Crippen LogP contribution is 2.44. The van der Waals surface area contributed by atoms with Crippen molar-refractivity contribution in [3.63, 3.8) is 0 Å². The number of thioether (sulfide) groups is 1. The Labute approximate surface area is 107 Å². The average molecular weight is 256 g/mol. The molecule has 88 valence electrons. The molecule has 1 aromatic carbocycles. The highest BCUT2D eigenvalue weighted by Gasteiger charge is 2.31. The van der Waals surface area contributed by atoms with Gasteiger partial charge in [0.05, 0.1) is 0 Å². The number of halogens is 1. The first-order valence-corrected chi connectivity index (χ1v) is 7.08. The molecule has 3 heteroatoms. The zero-order valence-corrected chi connectivity index (χ0v) is 11.5. The Balaban J connectivity index is 2.40. The van der Waals surface area contributed by atoms with Crippen molar-refractivity contribution in [1.29, 1.82) is 0 Å². The van der Waals surface area contributed by atoms with E-state index in [1.54, 1.807) is 0 Å². The smallest absolute Gasteiger partial charge is 0.0410 e. The van der Waals surface area contributed by atoms with Gasteiger partial charge < -0.3 is 5.32 Å². The van der Waals surface area contributed by atoms with Gasteiger partial charge in [-0.05, 0) is 36.2 Å². The molecule has 1 aromatic rings. The number of hydrogen-bond donors (Lipinski definition) is 1. The molecule has 0 saturated carbocycles. The van der Waals surface area contributed by atoms with Crippen molar-refractivity contribution in [2.45, 2.75) is 37.0 Å². The van der Waals surface area contributed by atoms with Crippen LogP contribution in [-0.4, -0.2) is 11.8 Å². The lowest BCUT2D eigenvalue weighted by molar-refractivity contribution is 0.380. The van der Waals surface area contributed by atoms with Crippen LogP contribution in [0.3, 0.4) is 0 Å². The maximum Gasteiger partial charge on any atom is 0.0410 e. The van der Waals surface area contributed by atoms with Crippen molar-refractivity contribution >= 4 is 23.4 Å². The Morgan fingerprint density at radius 1 is 1.38 bits per heavy atom. The molecule has 0 fully saturated rings. The summed E-state index contributed by atoms with van der Waals surface area (Å²) in [6.07, 6.45) is 0. The zero-order valence-electron chi connectivity index (χ0n) is 9.96. The lowest BCUT2D eigenvalue weighted by Gasteiger charge is -2.36. The molecule has 16 heavy (non-hydrogen) atoms. The maximum atomic E-state index is 6.09. The second kappa shape index (κ2) is 4.99. The SMILES string of the molecule is CCNC1c2cc(Cl)ccc2SC(C)C1C. The highest BCUT2D eigenvalue weighted by molar-refractivity contribution is 8.00. The van der Waals surface area contributed by atoms with Gasteiger partial charge in [0, 0.05) is 21.2 Å². The number of fused-ring (bicyclic) bond motifs is 1. The van der Waals surface area contributed by atoms with Gasteiger partial charge in [-0.25, -0.2) is 0 Å². The predicted octanol–water partition coefficient (Wildman–Crippen LogP) is 4.12. The second-order valence-electron chi connectivity index (χ2n) is 4.40. The van der Waals surface area contributed by atoms with E-state index in [1.807, 2.05) is 17.8 Å². The van der Waals surface area contributed by atoms with Crippen molar-refractivity contribution in [3.05, 3.63) is 28.8 Å². The molecule has 1 aliphatic heterocycles. The third-order valence-electron chi connectivity index (χ3n) is 3.31. The van der Waals surface area contributed by atoms with E-state index in [-0.39, 0.29) is 0 Å². The lowest BCUT2D eigenvalue weighted by atomic mass is 9.91. The first-order valence-electron chi connectivity index (χ1n) is 5.83.